The van der Waals surface area contributed by atoms with Crippen molar-refractivity contribution in [2.24, 2.45) is 5.92 Å². The summed E-state index contributed by atoms with van der Waals surface area (Å²) in [6.07, 6.45) is 0.773. The van der Waals surface area contributed by atoms with Crippen molar-refractivity contribution < 1.29 is 9.53 Å². The van der Waals surface area contributed by atoms with E-state index in [4.69, 9.17) is 4.74 Å². The van der Waals surface area contributed by atoms with Crippen molar-refractivity contribution in [2.45, 2.75) is 52.3 Å². The number of hydrogen-bond donors (Lipinski definition) is 0. The Morgan fingerprint density at radius 2 is 1.96 bits per heavy atom. The zero-order valence-corrected chi connectivity index (χ0v) is 15.1. The van der Waals surface area contributed by atoms with Crippen LogP contribution in [0.3, 0.4) is 0 Å². The highest BCUT2D eigenvalue weighted by atomic mass is 16.6. The van der Waals surface area contributed by atoms with Crippen LogP contribution in [0.4, 0.5) is 4.79 Å². The molecule has 1 aromatic rings. The van der Waals surface area contributed by atoms with Crippen LogP contribution in [0, 0.1) is 5.92 Å². The summed E-state index contributed by atoms with van der Waals surface area (Å²) in [4.78, 5) is 16.5. The Hall–Kier alpha value is -1.55. The number of amides is 1. The molecule has 0 aliphatic carbocycles. The van der Waals surface area contributed by atoms with Gasteiger partial charge in [-0.05, 0) is 38.7 Å². The van der Waals surface area contributed by atoms with Gasteiger partial charge in [0.15, 0.2) is 0 Å². The second kappa shape index (κ2) is 7.35. The molecule has 0 spiro atoms. The van der Waals surface area contributed by atoms with E-state index in [0.717, 1.165) is 26.1 Å². The summed E-state index contributed by atoms with van der Waals surface area (Å²) >= 11 is 0. The summed E-state index contributed by atoms with van der Waals surface area (Å²) in [7, 11) is 1.86. The molecule has 4 heteroatoms. The normalized spacial score (nSPS) is 22.7. The lowest BCUT2D eigenvalue weighted by atomic mass is 9.92. The molecule has 1 aromatic carbocycles. The van der Waals surface area contributed by atoms with Gasteiger partial charge in [-0.2, -0.15) is 0 Å². The molecule has 1 saturated heterocycles. The minimum absolute atomic E-state index is 0.217. The molecule has 1 amide bonds. The lowest BCUT2D eigenvalue weighted by Crippen LogP contribution is -2.51. The Morgan fingerprint density at radius 3 is 2.52 bits per heavy atom. The van der Waals surface area contributed by atoms with Crippen LogP contribution in [-0.2, 0) is 11.3 Å². The highest BCUT2D eigenvalue weighted by Crippen LogP contribution is 2.24. The Kier molecular flexibility index (Phi) is 5.69. The standard InChI is InChI=1S/C19H30N2O2/c1-15-13-21(14-16-9-7-6-8-10-16)12-11-17(15)20(5)18(22)23-19(2,3)4/h6-10,15,17H,11-14H2,1-5H3/t15-,17+/m1/s1. The Balaban J connectivity index is 1.89. The second-order valence-electron chi connectivity index (χ2n) is 7.65. The number of nitrogens with zero attached hydrogens (tertiary/aromatic N) is 2. The summed E-state index contributed by atoms with van der Waals surface area (Å²) in [6, 6.07) is 10.8. The highest BCUT2D eigenvalue weighted by molar-refractivity contribution is 5.68. The van der Waals surface area contributed by atoms with Crippen molar-refractivity contribution in [3.8, 4) is 0 Å². The number of rotatable bonds is 3. The zero-order valence-electron chi connectivity index (χ0n) is 15.1. The van der Waals surface area contributed by atoms with Gasteiger partial charge in [0, 0.05) is 32.7 Å². The van der Waals surface area contributed by atoms with Gasteiger partial charge in [0.05, 0.1) is 0 Å². The summed E-state index contributed by atoms with van der Waals surface area (Å²) in [5, 5.41) is 0. The van der Waals surface area contributed by atoms with Crippen LogP contribution < -0.4 is 0 Å². The molecule has 1 aliphatic rings. The average Bonchev–Trinajstić information content (AvgIpc) is 2.46. The van der Waals surface area contributed by atoms with Crippen LogP contribution in [0.15, 0.2) is 30.3 Å². The lowest BCUT2D eigenvalue weighted by Gasteiger charge is -2.41. The van der Waals surface area contributed by atoms with Gasteiger partial charge in [-0.1, -0.05) is 37.3 Å². The first-order valence-electron chi connectivity index (χ1n) is 8.48. The molecule has 0 N–H and O–H groups in total. The van der Waals surface area contributed by atoms with Crippen LogP contribution in [0.1, 0.15) is 39.7 Å². The predicted molar refractivity (Wildman–Crippen MR) is 93.3 cm³/mol. The average molecular weight is 318 g/mol. The van der Waals surface area contributed by atoms with Gasteiger partial charge in [-0.3, -0.25) is 4.90 Å². The molecule has 0 radical (unpaired) electrons. The van der Waals surface area contributed by atoms with E-state index in [-0.39, 0.29) is 12.1 Å². The molecule has 0 aromatic heterocycles. The molecule has 2 atom stereocenters. The molecule has 2 rings (SSSR count). The van der Waals surface area contributed by atoms with Gasteiger partial charge in [0.2, 0.25) is 0 Å². The summed E-state index contributed by atoms with van der Waals surface area (Å²) < 4.78 is 5.50. The smallest absolute Gasteiger partial charge is 0.410 e. The van der Waals surface area contributed by atoms with Gasteiger partial charge in [0.1, 0.15) is 5.60 Å². The molecular weight excluding hydrogens is 288 g/mol. The minimum Gasteiger partial charge on any atom is -0.444 e. The number of ether oxygens (including phenoxy) is 1. The molecule has 23 heavy (non-hydrogen) atoms. The van der Waals surface area contributed by atoms with E-state index in [1.807, 2.05) is 33.9 Å². The Morgan fingerprint density at radius 1 is 1.30 bits per heavy atom. The lowest BCUT2D eigenvalue weighted by molar-refractivity contribution is 0.00537. The molecular formula is C19H30N2O2. The Labute approximate surface area is 140 Å². The third kappa shape index (κ3) is 5.24. The first-order valence-corrected chi connectivity index (χ1v) is 8.48. The third-order valence-corrected chi connectivity index (χ3v) is 4.37. The van der Waals surface area contributed by atoms with Crippen LogP contribution in [-0.4, -0.2) is 47.7 Å². The molecule has 0 unspecified atom stereocenters. The van der Waals surface area contributed by atoms with Crippen LogP contribution >= 0.6 is 0 Å². The fourth-order valence-corrected chi connectivity index (χ4v) is 3.25. The van der Waals surface area contributed by atoms with Crippen molar-refractivity contribution in [3.05, 3.63) is 35.9 Å². The number of carbonyl (C=O) groups is 1. The molecule has 4 nitrogen and oxygen atoms in total. The van der Waals surface area contributed by atoms with E-state index in [0.29, 0.717) is 5.92 Å². The number of carbonyl (C=O) groups excluding carboxylic acids is 1. The first kappa shape index (κ1) is 17.8. The van der Waals surface area contributed by atoms with Gasteiger partial charge in [0.25, 0.3) is 0 Å². The molecule has 0 saturated carbocycles. The molecule has 0 bridgehead atoms. The molecule has 1 fully saturated rings. The summed E-state index contributed by atoms with van der Waals surface area (Å²) in [5.74, 6) is 0.435. The van der Waals surface area contributed by atoms with Crippen LogP contribution in [0.5, 0.6) is 0 Å². The van der Waals surface area contributed by atoms with E-state index in [1.165, 1.54) is 5.56 Å². The van der Waals surface area contributed by atoms with E-state index >= 15 is 0 Å². The van der Waals surface area contributed by atoms with E-state index in [9.17, 15) is 4.79 Å². The maximum Gasteiger partial charge on any atom is 0.410 e. The quantitative estimate of drug-likeness (QED) is 0.850. The van der Waals surface area contributed by atoms with Crippen molar-refractivity contribution in [1.82, 2.24) is 9.80 Å². The minimum atomic E-state index is -0.442. The van der Waals surface area contributed by atoms with E-state index in [2.05, 4.69) is 36.1 Å². The predicted octanol–water partition coefficient (Wildman–Crippen LogP) is 3.76. The maximum atomic E-state index is 12.3. The summed E-state index contributed by atoms with van der Waals surface area (Å²) in [5.41, 5.74) is 0.904. The van der Waals surface area contributed by atoms with Crippen molar-refractivity contribution in [3.63, 3.8) is 0 Å². The maximum absolute atomic E-state index is 12.3. The van der Waals surface area contributed by atoms with Crippen LogP contribution in [0.25, 0.3) is 0 Å². The van der Waals surface area contributed by atoms with Gasteiger partial charge in [-0.15, -0.1) is 0 Å². The molecule has 1 aliphatic heterocycles. The number of benzene rings is 1. The van der Waals surface area contributed by atoms with E-state index in [1.54, 1.807) is 4.90 Å². The molecule has 128 valence electrons. The second-order valence-corrected chi connectivity index (χ2v) is 7.65. The first-order chi connectivity index (χ1) is 10.8. The number of likely N-dealkylation sites (tertiary alicyclic amines) is 1. The zero-order chi connectivity index (χ0) is 17.0. The summed E-state index contributed by atoms with van der Waals surface area (Å²) in [6.45, 7) is 10.9. The van der Waals surface area contributed by atoms with Gasteiger partial charge >= 0.3 is 6.09 Å². The Bertz CT molecular complexity index is 510. The van der Waals surface area contributed by atoms with Crippen molar-refractivity contribution in [1.29, 1.82) is 0 Å². The monoisotopic (exact) mass is 318 g/mol. The fraction of sp³-hybridized carbons (Fsp3) is 0.632. The largest absolute Gasteiger partial charge is 0.444 e. The van der Waals surface area contributed by atoms with Crippen molar-refractivity contribution >= 4 is 6.09 Å². The number of hydrogen-bond acceptors (Lipinski definition) is 3. The third-order valence-electron chi connectivity index (χ3n) is 4.37. The van der Waals surface area contributed by atoms with Crippen LogP contribution in [0.2, 0.25) is 0 Å². The van der Waals surface area contributed by atoms with Gasteiger partial charge in [-0.25, -0.2) is 4.79 Å². The highest BCUT2D eigenvalue weighted by Gasteiger charge is 2.33. The fourth-order valence-electron chi connectivity index (χ4n) is 3.25. The van der Waals surface area contributed by atoms with Gasteiger partial charge < -0.3 is 9.64 Å². The molecule has 1 heterocycles. The topological polar surface area (TPSA) is 32.8 Å². The van der Waals surface area contributed by atoms with Crippen molar-refractivity contribution in [2.75, 3.05) is 20.1 Å². The number of piperidine rings is 1. The SMILES string of the molecule is C[C@@H]1CN(Cc2ccccc2)CC[C@@H]1N(C)C(=O)OC(C)(C)C. The van der Waals surface area contributed by atoms with E-state index < -0.39 is 5.60 Å².